The predicted molar refractivity (Wildman–Crippen MR) is 103 cm³/mol. The van der Waals surface area contributed by atoms with Crippen molar-refractivity contribution < 1.29 is 4.79 Å². The van der Waals surface area contributed by atoms with E-state index in [2.05, 4.69) is 21.7 Å². The van der Waals surface area contributed by atoms with Crippen LogP contribution in [0, 0.1) is 13.8 Å². The first-order valence-corrected chi connectivity index (χ1v) is 8.41. The summed E-state index contributed by atoms with van der Waals surface area (Å²) >= 11 is 0. The van der Waals surface area contributed by atoms with E-state index < -0.39 is 5.91 Å². The van der Waals surface area contributed by atoms with Crippen LogP contribution in [0.4, 0.5) is 0 Å². The molecule has 6 heteroatoms. The Hall–Kier alpha value is -3.28. The molecule has 0 fully saturated rings. The molecule has 132 valence electrons. The van der Waals surface area contributed by atoms with Gasteiger partial charge in [0.1, 0.15) is 0 Å². The highest BCUT2D eigenvalue weighted by Crippen LogP contribution is 2.13. The lowest BCUT2D eigenvalue weighted by atomic mass is 10.1. The Morgan fingerprint density at radius 3 is 2.62 bits per heavy atom. The average molecular weight is 348 g/mol. The summed E-state index contributed by atoms with van der Waals surface area (Å²) in [6.07, 6.45) is 1.60. The molecule has 0 radical (unpaired) electrons. The maximum Gasteiger partial charge on any atom is 0.292 e. The second-order valence-corrected chi connectivity index (χ2v) is 6.07. The average Bonchev–Trinajstić information content (AvgIpc) is 2.64. The zero-order valence-corrected chi connectivity index (χ0v) is 15.0. The third-order valence-corrected chi connectivity index (χ3v) is 4.18. The van der Waals surface area contributed by atoms with Gasteiger partial charge in [0.25, 0.3) is 11.5 Å². The van der Waals surface area contributed by atoms with Gasteiger partial charge in [-0.05, 0) is 38.0 Å². The van der Waals surface area contributed by atoms with Crippen molar-refractivity contribution in [2.24, 2.45) is 5.10 Å². The number of nitrogens with one attached hydrogen (secondary N) is 1. The second-order valence-electron chi connectivity index (χ2n) is 6.07. The van der Waals surface area contributed by atoms with Gasteiger partial charge in [-0.3, -0.25) is 9.59 Å². The third kappa shape index (κ3) is 3.39. The van der Waals surface area contributed by atoms with Crippen LogP contribution in [-0.2, 0) is 6.54 Å². The van der Waals surface area contributed by atoms with Crippen LogP contribution in [0.1, 0.15) is 34.1 Å². The number of hydrazone groups is 1. The van der Waals surface area contributed by atoms with Gasteiger partial charge in [-0.15, -0.1) is 0 Å². The van der Waals surface area contributed by atoms with Crippen LogP contribution in [-0.4, -0.2) is 21.9 Å². The van der Waals surface area contributed by atoms with Crippen LogP contribution in [0.2, 0.25) is 0 Å². The van der Waals surface area contributed by atoms with Crippen LogP contribution < -0.4 is 11.0 Å². The molecule has 0 saturated heterocycles. The zero-order valence-electron chi connectivity index (χ0n) is 15.0. The lowest BCUT2D eigenvalue weighted by Gasteiger charge is -2.08. The van der Waals surface area contributed by atoms with Crippen LogP contribution >= 0.6 is 0 Å². The number of rotatable bonds is 4. The Kier molecular flexibility index (Phi) is 4.93. The maximum absolute atomic E-state index is 12.6. The third-order valence-electron chi connectivity index (χ3n) is 4.18. The van der Waals surface area contributed by atoms with E-state index in [9.17, 15) is 9.59 Å². The number of carbonyl (C=O) groups excluding carboxylic acids is 1. The molecule has 6 nitrogen and oxygen atoms in total. The van der Waals surface area contributed by atoms with Gasteiger partial charge >= 0.3 is 0 Å². The van der Waals surface area contributed by atoms with Crippen molar-refractivity contribution in [1.82, 2.24) is 15.2 Å². The molecule has 0 aliphatic carbocycles. The van der Waals surface area contributed by atoms with Gasteiger partial charge in [0, 0.05) is 11.9 Å². The highest BCUT2D eigenvalue weighted by molar-refractivity contribution is 6.05. The van der Waals surface area contributed by atoms with Gasteiger partial charge in [0.2, 0.25) is 0 Å². The Balaban J connectivity index is 1.92. The van der Waals surface area contributed by atoms with Gasteiger partial charge in [0.05, 0.1) is 11.6 Å². The van der Waals surface area contributed by atoms with E-state index in [1.54, 1.807) is 30.5 Å². The molecular formula is C20H20N4O2. The van der Waals surface area contributed by atoms with Crippen LogP contribution in [0.5, 0.6) is 0 Å². The number of hydrogen-bond donors (Lipinski definition) is 1. The first-order valence-electron chi connectivity index (χ1n) is 8.41. The van der Waals surface area contributed by atoms with Crippen molar-refractivity contribution in [1.29, 1.82) is 0 Å². The van der Waals surface area contributed by atoms with Gasteiger partial charge in [0.15, 0.2) is 5.69 Å². The van der Waals surface area contributed by atoms with E-state index in [0.29, 0.717) is 17.3 Å². The van der Waals surface area contributed by atoms with Gasteiger partial charge in [-0.2, -0.15) is 10.2 Å². The summed E-state index contributed by atoms with van der Waals surface area (Å²) in [5.41, 5.74) is 5.64. The number of carbonyl (C=O) groups is 1. The number of fused-ring (bicyclic) bond motifs is 1. The quantitative estimate of drug-likeness (QED) is 0.582. The van der Waals surface area contributed by atoms with Gasteiger partial charge in [-0.25, -0.2) is 10.1 Å². The second kappa shape index (κ2) is 7.31. The molecule has 0 atom stereocenters. The molecular weight excluding hydrogens is 328 g/mol. The van der Waals surface area contributed by atoms with Crippen molar-refractivity contribution >= 4 is 22.9 Å². The first kappa shape index (κ1) is 17.5. The van der Waals surface area contributed by atoms with Crippen LogP contribution in [0.3, 0.4) is 0 Å². The lowest BCUT2D eigenvalue weighted by molar-refractivity contribution is 0.0949. The van der Waals surface area contributed by atoms with Crippen molar-refractivity contribution in [2.45, 2.75) is 27.3 Å². The number of amides is 1. The Morgan fingerprint density at radius 1 is 1.19 bits per heavy atom. The number of aryl methyl sites for hydroxylation is 3. The Labute approximate surface area is 151 Å². The first-order chi connectivity index (χ1) is 12.5. The normalized spacial score (nSPS) is 11.2. The molecule has 3 rings (SSSR count). The Morgan fingerprint density at radius 2 is 1.92 bits per heavy atom. The smallest absolute Gasteiger partial charge is 0.267 e. The SMILES string of the molecule is CCn1nc(C(=O)N/N=C/c2ccc(C)cc2C)c2ccccc2c1=O. The molecule has 0 bridgehead atoms. The molecule has 26 heavy (non-hydrogen) atoms. The summed E-state index contributed by atoms with van der Waals surface area (Å²) in [6, 6.07) is 12.9. The number of benzene rings is 2. The highest BCUT2D eigenvalue weighted by atomic mass is 16.2. The molecule has 3 aromatic rings. The van der Waals surface area contributed by atoms with Crippen molar-refractivity contribution in [3.05, 3.63) is 75.2 Å². The van der Waals surface area contributed by atoms with Crippen LogP contribution in [0.25, 0.3) is 10.8 Å². The summed E-state index contributed by atoms with van der Waals surface area (Å²) in [6.45, 7) is 6.20. The summed E-state index contributed by atoms with van der Waals surface area (Å²) in [7, 11) is 0. The lowest BCUT2D eigenvalue weighted by Crippen LogP contribution is -2.28. The van der Waals surface area contributed by atoms with E-state index >= 15 is 0 Å². The highest BCUT2D eigenvalue weighted by Gasteiger charge is 2.15. The van der Waals surface area contributed by atoms with E-state index in [1.807, 2.05) is 32.9 Å². The number of nitrogens with zero attached hydrogens (tertiary/aromatic N) is 3. The molecule has 1 amide bonds. The standard InChI is InChI=1S/C20H20N4O2/c1-4-24-20(26)17-8-6-5-7-16(17)18(23-24)19(25)22-21-12-15-10-9-13(2)11-14(15)3/h5-12H,4H2,1-3H3,(H,22,25)/b21-12+. The summed E-state index contributed by atoms with van der Waals surface area (Å²) in [4.78, 5) is 24.9. The van der Waals surface area contributed by atoms with E-state index in [-0.39, 0.29) is 11.3 Å². The van der Waals surface area contributed by atoms with Crippen molar-refractivity contribution in [3.8, 4) is 0 Å². The fraction of sp³-hybridized carbons (Fsp3) is 0.200. The van der Waals surface area contributed by atoms with Gasteiger partial charge in [-0.1, -0.05) is 42.0 Å². The Bertz CT molecular complexity index is 1070. The summed E-state index contributed by atoms with van der Waals surface area (Å²) < 4.78 is 1.28. The molecule has 0 spiro atoms. The van der Waals surface area contributed by atoms with E-state index in [4.69, 9.17) is 0 Å². The minimum absolute atomic E-state index is 0.180. The molecule has 0 saturated carbocycles. The molecule has 1 heterocycles. The molecule has 0 aliphatic rings. The van der Waals surface area contributed by atoms with Crippen molar-refractivity contribution in [2.75, 3.05) is 0 Å². The molecule has 1 aromatic heterocycles. The van der Waals surface area contributed by atoms with E-state index in [1.165, 1.54) is 10.2 Å². The molecule has 0 aliphatic heterocycles. The minimum atomic E-state index is -0.454. The largest absolute Gasteiger partial charge is 0.292 e. The predicted octanol–water partition coefficient (Wildman–Crippen LogP) is 2.80. The number of aromatic nitrogens is 2. The number of hydrogen-bond acceptors (Lipinski definition) is 4. The molecule has 1 N–H and O–H groups in total. The molecule has 0 unspecified atom stereocenters. The summed E-state index contributed by atoms with van der Waals surface area (Å²) in [5.74, 6) is -0.454. The fourth-order valence-electron chi connectivity index (χ4n) is 2.80. The zero-order chi connectivity index (χ0) is 18.7. The molecule has 2 aromatic carbocycles. The monoisotopic (exact) mass is 348 g/mol. The van der Waals surface area contributed by atoms with Gasteiger partial charge < -0.3 is 0 Å². The maximum atomic E-state index is 12.6. The minimum Gasteiger partial charge on any atom is -0.267 e. The topological polar surface area (TPSA) is 76.3 Å². The van der Waals surface area contributed by atoms with Crippen LogP contribution in [0.15, 0.2) is 52.4 Å². The summed E-state index contributed by atoms with van der Waals surface area (Å²) in [5, 5.41) is 9.21. The van der Waals surface area contributed by atoms with Crippen molar-refractivity contribution in [3.63, 3.8) is 0 Å². The fourth-order valence-corrected chi connectivity index (χ4v) is 2.80. The van der Waals surface area contributed by atoms with E-state index in [0.717, 1.165) is 11.1 Å².